The monoisotopic (exact) mass is 196 g/mol. The molecule has 0 bridgehead atoms. The van der Waals surface area contributed by atoms with Crippen molar-refractivity contribution < 1.29 is 4.74 Å². The van der Waals surface area contributed by atoms with Gasteiger partial charge in [0, 0.05) is 26.7 Å². The van der Waals surface area contributed by atoms with Crippen molar-refractivity contribution in [1.82, 2.24) is 14.7 Å². The summed E-state index contributed by atoms with van der Waals surface area (Å²) in [5.74, 6) is 0. The molecule has 2 rings (SSSR count). The molecule has 1 aromatic heterocycles. The van der Waals surface area contributed by atoms with Gasteiger partial charge in [-0.1, -0.05) is 0 Å². The average molecular weight is 196 g/mol. The Kier molecular flexibility index (Phi) is 2.69. The van der Waals surface area contributed by atoms with E-state index in [2.05, 4.69) is 10.00 Å². The molecule has 0 saturated carbocycles. The Hall–Kier alpha value is -1.07. The van der Waals surface area contributed by atoms with E-state index >= 15 is 0 Å². The van der Waals surface area contributed by atoms with Crippen LogP contribution in [0.2, 0.25) is 0 Å². The van der Waals surface area contributed by atoms with Gasteiger partial charge in [-0.15, -0.1) is 0 Å². The first-order chi connectivity index (χ1) is 6.81. The number of fused-ring (bicyclic) bond motifs is 1. The summed E-state index contributed by atoms with van der Waals surface area (Å²) in [6, 6.07) is 0. The van der Waals surface area contributed by atoms with Crippen molar-refractivity contribution in [3.63, 3.8) is 0 Å². The van der Waals surface area contributed by atoms with Crippen molar-refractivity contribution in [3.8, 4) is 0 Å². The quantitative estimate of drug-likeness (QED) is 0.735. The highest BCUT2D eigenvalue weighted by Gasteiger charge is 2.18. The highest BCUT2D eigenvalue weighted by atomic mass is 16.5. The van der Waals surface area contributed by atoms with Crippen LogP contribution in [0.4, 0.5) is 5.69 Å². The molecule has 2 heterocycles. The Morgan fingerprint density at radius 1 is 1.57 bits per heavy atom. The predicted molar refractivity (Wildman–Crippen MR) is 53.8 cm³/mol. The Labute approximate surface area is 83.4 Å². The van der Waals surface area contributed by atoms with Crippen molar-refractivity contribution in [1.29, 1.82) is 0 Å². The minimum absolute atomic E-state index is 0.772. The molecule has 78 valence electrons. The first-order valence-electron chi connectivity index (χ1n) is 4.82. The van der Waals surface area contributed by atoms with Crippen LogP contribution in [-0.2, 0) is 17.8 Å². The van der Waals surface area contributed by atoms with Crippen molar-refractivity contribution in [3.05, 3.63) is 11.9 Å². The summed E-state index contributed by atoms with van der Waals surface area (Å²) in [7, 11) is 1.72. The molecular formula is C9H16N4O. The molecule has 5 nitrogen and oxygen atoms in total. The molecule has 14 heavy (non-hydrogen) atoms. The molecule has 1 aliphatic rings. The van der Waals surface area contributed by atoms with E-state index in [9.17, 15) is 0 Å². The Bertz CT molecular complexity index is 310. The van der Waals surface area contributed by atoms with Crippen molar-refractivity contribution >= 4 is 5.69 Å². The zero-order valence-corrected chi connectivity index (χ0v) is 8.44. The van der Waals surface area contributed by atoms with E-state index in [0.29, 0.717) is 0 Å². The standard InChI is InChI=1S/C9H16N4O/c1-14-5-4-12-2-3-13-9(7-12)8(10)6-11-13/h6H,2-5,7,10H2,1H3. The van der Waals surface area contributed by atoms with E-state index in [0.717, 1.165) is 44.2 Å². The maximum absolute atomic E-state index is 5.81. The fourth-order valence-corrected chi connectivity index (χ4v) is 1.73. The molecule has 0 atom stereocenters. The number of anilines is 1. The van der Waals surface area contributed by atoms with Gasteiger partial charge >= 0.3 is 0 Å². The molecule has 0 fully saturated rings. The highest BCUT2D eigenvalue weighted by Crippen LogP contribution is 2.17. The average Bonchev–Trinajstić information content (AvgIpc) is 2.57. The summed E-state index contributed by atoms with van der Waals surface area (Å²) in [5, 5.41) is 4.20. The van der Waals surface area contributed by atoms with Crippen LogP contribution >= 0.6 is 0 Å². The number of nitrogens with two attached hydrogens (primary N) is 1. The van der Waals surface area contributed by atoms with Gasteiger partial charge in [-0.3, -0.25) is 9.58 Å². The normalized spacial score (nSPS) is 16.9. The molecule has 0 saturated heterocycles. The molecule has 5 heteroatoms. The first kappa shape index (κ1) is 9.48. The zero-order chi connectivity index (χ0) is 9.97. The number of nitrogens with zero attached hydrogens (tertiary/aromatic N) is 3. The number of hydrogen-bond acceptors (Lipinski definition) is 4. The maximum Gasteiger partial charge on any atom is 0.0754 e. The van der Waals surface area contributed by atoms with E-state index < -0.39 is 0 Å². The zero-order valence-electron chi connectivity index (χ0n) is 8.44. The molecule has 0 amide bonds. The van der Waals surface area contributed by atoms with Gasteiger partial charge in [0.15, 0.2) is 0 Å². The summed E-state index contributed by atoms with van der Waals surface area (Å²) in [6.07, 6.45) is 1.73. The molecule has 0 spiro atoms. The number of aromatic nitrogens is 2. The molecule has 0 unspecified atom stereocenters. The minimum Gasteiger partial charge on any atom is -0.396 e. The fraction of sp³-hybridized carbons (Fsp3) is 0.667. The van der Waals surface area contributed by atoms with Gasteiger partial charge in [0.05, 0.1) is 30.7 Å². The second-order valence-corrected chi connectivity index (χ2v) is 3.54. The van der Waals surface area contributed by atoms with Crippen molar-refractivity contribution in [2.24, 2.45) is 0 Å². The number of methoxy groups -OCH3 is 1. The third kappa shape index (κ3) is 1.73. The molecule has 2 N–H and O–H groups in total. The Morgan fingerprint density at radius 2 is 2.43 bits per heavy atom. The van der Waals surface area contributed by atoms with Crippen LogP contribution < -0.4 is 5.73 Å². The number of hydrogen-bond donors (Lipinski definition) is 1. The van der Waals surface area contributed by atoms with Gasteiger partial charge in [-0.2, -0.15) is 5.10 Å². The topological polar surface area (TPSA) is 56.3 Å². The molecule has 0 aliphatic carbocycles. The Balaban J connectivity index is 2.01. The van der Waals surface area contributed by atoms with Crippen LogP contribution in [0.5, 0.6) is 0 Å². The lowest BCUT2D eigenvalue weighted by atomic mass is 10.3. The number of nitrogen functional groups attached to an aromatic ring is 1. The lowest BCUT2D eigenvalue weighted by molar-refractivity contribution is 0.129. The number of rotatable bonds is 3. The molecule has 0 radical (unpaired) electrons. The van der Waals surface area contributed by atoms with Crippen molar-refractivity contribution in [2.45, 2.75) is 13.1 Å². The van der Waals surface area contributed by atoms with Gasteiger partial charge < -0.3 is 10.5 Å². The third-order valence-corrected chi connectivity index (χ3v) is 2.59. The van der Waals surface area contributed by atoms with E-state index in [-0.39, 0.29) is 0 Å². The molecule has 0 aromatic carbocycles. The smallest absolute Gasteiger partial charge is 0.0754 e. The predicted octanol–water partition coefficient (Wildman–Crippen LogP) is -0.0727. The van der Waals surface area contributed by atoms with Gasteiger partial charge in [0.25, 0.3) is 0 Å². The summed E-state index contributed by atoms with van der Waals surface area (Å²) in [4.78, 5) is 2.33. The summed E-state index contributed by atoms with van der Waals surface area (Å²) in [5.41, 5.74) is 7.74. The summed E-state index contributed by atoms with van der Waals surface area (Å²) >= 11 is 0. The second kappa shape index (κ2) is 3.98. The van der Waals surface area contributed by atoms with Crippen LogP contribution in [0, 0.1) is 0 Å². The lowest BCUT2D eigenvalue weighted by Gasteiger charge is -2.27. The number of ether oxygens (including phenoxy) is 1. The maximum atomic E-state index is 5.81. The second-order valence-electron chi connectivity index (χ2n) is 3.54. The SMILES string of the molecule is COCCN1CCn2ncc(N)c2C1. The molecule has 1 aliphatic heterocycles. The van der Waals surface area contributed by atoms with Crippen LogP contribution in [0.1, 0.15) is 5.69 Å². The van der Waals surface area contributed by atoms with Crippen LogP contribution in [0.3, 0.4) is 0 Å². The van der Waals surface area contributed by atoms with Gasteiger partial charge in [0.1, 0.15) is 0 Å². The Morgan fingerprint density at radius 3 is 3.21 bits per heavy atom. The fourth-order valence-electron chi connectivity index (χ4n) is 1.73. The van der Waals surface area contributed by atoms with Gasteiger partial charge in [-0.05, 0) is 0 Å². The molecule has 1 aromatic rings. The molecular weight excluding hydrogens is 180 g/mol. The third-order valence-electron chi connectivity index (χ3n) is 2.59. The van der Waals surface area contributed by atoms with E-state index in [4.69, 9.17) is 10.5 Å². The summed E-state index contributed by atoms with van der Waals surface area (Å²) in [6.45, 7) is 4.57. The van der Waals surface area contributed by atoms with Gasteiger partial charge in [-0.25, -0.2) is 0 Å². The largest absolute Gasteiger partial charge is 0.396 e. The van der Waals surface area contributed by atoms with E-state index in [1.165, 1.54) is 0 Å². The van der Waals surface area contributed by atoms with Crippen LogP contribution in [0.15, 0.2) is 6.20 Å². The first-order valence-corrected chi connectivity index (χ1v) is 4.82. The van der Waals surface area contributed by atoms with Gasteiger partial charge in [0.2, 0.25) is 0 Å². The van der Waals surface area contributed by atoms with Crippen LogP contribution in [0.25, 0.3) is 0 Å². The van der Waals surface area contributed by atoms with Crippen molar-refractivity contribution in [2.75, 3.05) is 32.5 Å². The highest BCUT2D eigenvalue weighted by molar-refractivity contribution is 5.41. The van der Waals surface area contributed by atoms with E-state index in [1.54, 1.807) is 13.3 Å². The van der Waals surface area contributed by atoms with Crippen LogP contribution in [-0.4, -0.2) is 41.5 Å². The van der Waals surface area contributed by atoms with E-state index in [1.807, 2.05) is 4.68 Å². The minimum atomic E-state index is 0.772. The summed E-state index contributed by atoms with van der Waals surface area (Å²) < 4.78 is 7.03. The lowest BCUT2D eigenvalue weighted by Crippen LogP contribution is -2.36.